The number of likely N-dealkylation sites (N-methyl/N-ethyl adjacent to an activating group) is 1. The van der Waals surface area contributed by atoms with Crippen molar-refractivity contribution >= 4 is 17.6 Å². The van der Waals surface area contributed by atoms with E-state index in [1.807, 2.05) is 13.0 Å². The van der Waals surface area contributed by atoms with Crippen LogP contribution in [0.15, 0.2) is 12.4 Å². The van der Waals surface area contributed by atoms with Gasteiger partial charge in [-0.25, -0.2) is 9.67 Å². The zero-order valence-electron chi connectivity index (χ0n) is 16.6. The number of anilines is 1. The van der Waals surface area contributed by atoms with Crippen molar-refractivity contribution in [3.05, 3.63) is 23.9 Å². The zero-order valence-corrected chi connectivity index (χ0v) is 16.6. The topological polar surface area (TPSA) is 97.9 Å². The Morgan fingerprint density at radius 2 is 2.07 bits per heavy atom. The first-order valence-corrected chi connectivity index (χ1v) is 9.97. The molecule has 1 aliphatic heterocycles. The van der Waals surface area contributed by atoms with Crippen molar-refractivity contribution in [2.45, 2.75) is 58.7 Å². The van der Waals surface area contributed by atoms with Gasteiger partial charge in [0.25, 0.3) is 11.8 Å². The second-order valence-electron chi connectivity index (χ2n) is 7.98. The van der Waals surface area contributed by atoms with Gasteiger partial charge in [-0.3, -0.25) is 19.2 Å². The predicted molar refractivity (Wildman–Crippen MR) is 103 cm³/mol. The molecule has 0 spiro atoms. The Labute approximate surface area is 164 Å². The molecule has 2 aromatic rings. The first-order valence-electron chi connectivity index (χ1n) is 9.97. The molecule has 4 rings (SSSR count). The molecule has 2 amide bonds. The summed E-state index contributed by atoms with van der Waals surface area (Å²) in [4.78, 5) is 31.0. The van der Waals surface area contributed by atoms with E-state index >= 15 is 0 Å². The summed E-state index contributed by atoms with van der Waals surface area (Å²) in [6.45, 7) is 5.47. The summed E-state index contributed by atoms with van der Waals surface area (Å²) in [5.41, 5.74) is 0.864. The second-order valence-corrected chi connectivity index (χ2v) is 7.98. The van der Waals surface area contributed by atoms with Crippen LogP contribution in [0.1, 0.15) is 48.9 Å². The highest BCUT2D eigenvalue weighted by Gasteiger charge is 2.32. The number of rotatable bonds is 5. The predicted octanol–water partition coefficient (Wildman–Crippen LogP) is 1.38. The van der Waals surface area contributed by atoms with Gasteiger partial charge in [-0.05, 0) is 38.0 Å². The van der Waals surface area contributed by atoms with Gasteiger partial charge in [0.1, 0.15) is 18.2 Å². The standard InChI is InChI=1S/C19H27N7O2/c1-4-13-8-14(9-13)10-25-11-20-17(23-25)18(27)21-15-5-6-26-16(7-12(2)22-26)24(3)19(15)28/h7,11,13-15H,4-6,8-10H2,1-3H3,(H,21,27)/t13-,14+,15-/m0/s1. The lowest BCUT2D eigenvalue weighted by atomic mass is 9.74. The molecule has 0 saturated heterocycles. The van der Waals surface area contributed by atoms with Gasteiger partial charge >= 0.3 is 0 Å². The number of carbonyl (C=O) groups is 2. The van der Waals surface area contributed by atoms with E-state index in [9.17, 15) is 9.59 Å². The Bertz CT molecular complexity index is 881. The molecule has 150 valence electrons. The van der Waals surface area contributed by atoms with Crippen LogP contribution in [-0.2, 0) is 17.9 Å². The molecule has 0 unspecified atom stereocenters. The van der Waals surface area contributed by atoms with E-state index in [-0.39, 0.29) is 11.7 Å². The number of aromatic nitrogens is 5. The second kappa shape index (κ2) is 7.37. The molecular weight excluding hydrogens is 358 g/mol. The first kappa shape index (κ1) is 18.6. The largest absolute Gasteiger partial charge is 0.337 e. The van der Waals surface area contributed by atoms with Gasteiger partial charge in [-0.2, -0.15) is 5.10 Å². The van der Waals surface area contributed by atoms with Gasteiger partial charge in [0.2, 0.25) is 5.82 Å². The minimum Gasteiger partial charge on any atom is -0.337 e. The van der Waals surface area contributed by atoms with Crippen molar-refractivity contribution in [1.82, 2.24) is 29.9 Å². The summed E-state index contributed by atoms with van der Waals surface area (Å²) >= 11 is 0. The van der Waals surface area contributed by atoms with Gasteiger partial charge in [0.05, 0.1) is 5.69 Å². The fraction of sp³-hybridized carbons (Fsp3) is 0.632. The molecule has 9 nitrogen and oxygen atoms in total. The van der Waals surface area contributed by atoms with Gasteiger partial charge in [0.15, 0.2) is 0 Å². The maximum absolute atomic E-state index is 12.8. The molecule has 0 radical (unpaired) electrons. The summed E-state index contributed by atoms with van der Waals surface area (Å²) in [5, 5.41) is 11.5. The van der Waals surface area contributed by atoms with Crippen LogP contribution in [0.4, 0.5) is 5.82 Å². The summed E-state index contributed by atoms with van der Waals surface area (Å²) in [5.74, 6) is 1.72. The summed E-state index contributed by atoms with van der Waals surface area (Å²) in [7, 11) is 1.70. The number of fused-ring (bicyclic) bond motifs is 1. The Balaban J connectivity index is 1.37. The quantitative estimate of drug-likeness (QED) is 0.839. The number of carbonyl (C=O) groups excluding carboxylic acids is 2. The molecule has 1 fully saturated rings. The Morgan fingerprint density at radius 3 is 2.82 bits per heavy atom. The highest BCUT2D eigenvalue weighted by atomic mass is 16.2. The van der Waals surface area contributed by atoms with E-state index in [2.05, 4.69) is 27.4 Å². The third-order valence-electron chi connectivity index (χ3n) is 5.88. The van der Waals surface area contributed by atoms with Gasteiger partial charge < -0.3 is 5.32 Å². The Hall–Kier alpha value is -2.71. The number of aryl methyl sites for hydroxylation is 2. The number of hydrogen-bond acceptors (Lipinski definition) is 5. The van der Waals surface area contributed by atoms with Gasteiger partial charge in [0, 0.05) is 26.2 Å². The normalized spacial score (nSPS) is 24.5. The van der Waals surface area contributed by atoms with Crippen LogP contribution in [-0.4, -0.2) is 49.4 Å². The van der Waals surface area contributed by atoms with Crippen molar-refractivity contribution in [3.8, 4) is 0 Å². The lowest BCUT2D eigenvalue weighted by Crippen LogP contribution is -2.47. The van der Waals surface area contributed by atoms with E-state index in [1.165, 1.54) is 19.3 Å². The van der Waals surface area contributed by atoms with E-state index < -0.39 is 11.9 Å². The summed E-state index contributed by atoms with van der Waals surface area (Å²) in [6.07, 6.45) is 5.74. The molecular formula is C19H27N7O2. The fourth-order valence-corrected chi connectivity index (χ4v) is 4.15. The van der Waals surface area contributed by atoms with Crippen molar-refractivity contribution in [1.29, 1.82) is 0 Å². The third-order valence-corrected chi connectivity index (χ3v) is 5.88. The van der Waals surface area contributed by atoms with Crippen LogP contribution in [0.25, 0.3) is 0 Å². The van der Waals surface area contributed by atoms with Gasteiger partial charge in [-0.15, -0.1) is 5.10 Å². The monoisotopic (exact) mass is 385 g/mol. The number of nitrogens with one attached hydrogen (secondary N) is 1. The summed E-state index contributed by atoms with van der Waals surface area (Å²) in [6, 6.07) is 1.25. The molecule has 1 aliphatic carbocycles. The van der Waals surface area contributed by atoms with E-state index in [0.717, 1.165) is 24.0 Å². The van der Waals surface area contributed by atoms with Crippen molar-refractivity contribution in [3.63, 3.8) is 0 Å². The molecule has 3 heterocycles. The van der Waals surface area contributed by atoms with Crippen LogP contribution >= 0.6 is 0 Å². The molecule has 1 N–H and O–H groups in total. The van der Waals surface area contributed by atoms with E-state index in [1.54, 1.807) is 27.6 Å². The van der Waals surface area contributed by atoms with Gasteiger partial charge in [-0.1, -0.05) is 13.3 Å². The molecule has 9 heteroatoms. The molecule has 1 saturated carbocycles. The summed E-state index contributed by atoms with van der Waals surface area (Å²) < 4.78 is 3.54. The average molecular weight is 385 g/mol. The Kier molecular flexibility index (Phi) is 4.91. The number of nitrogens with zero attached hydrogens (tertiary/aromatic N) is 6. The SMILES string of the molecule is CC[C@H]1C[C@@H](Cn2cnc(C(=O)N[C@H]3CCn4nc(C)cc4N(C)C3=O)n2)C1. The smallest absolute Gasteiger partial charge is 0.291 e. The van der Waals surface area contributed by atoms with Crippen molar-refractivity contribution < 1.29 is 9.59 Å². The van der Waals surface area contributed by atoms with Crippen LogP contribution < -0.4 is 10.2 Å². The van der Waals surface area contributed by atoms with Crippen LogP contribution in [0.5, 0.6) is 0 Å². The number of amides is 2. The average Bonchev–Trinajstić information content (AvgIpc) is 3.24. The fourth-order valence-electron chi connectivity index (χ4n) is 4.15. The maximum atomic E-state index is 12.8. The lowest BCUT2D eigenvalue weighted by Gasteiger charge is -2.34. The van der Waals surface area contributed by atoms with E-state index in [4.69, 9.17) is 0 Å². The zero-order chi connectivity index (χ0) is 19.8. The molecule has 0 bridgehead atoms. The van der Waals surface area contributed by atoms with Crippen molar-refractivity contribution in [2.75, 3.05) is 11.9 Å². The highest BCUT2D eigenvalue weighted by Crippen LogP contribution is 2.36. The number of hydrogen-bond donors (Lipinski definition) is 1. The minimum atomic E-state index is -0.622. The highest BCUT2D eigenvalue weighted by molar-refractivity contribution is 6.00. The lowest BCUT2D eigenvalue weighted by molar-refractivity contribution is -0.120. The van der Waals surface area contributed by atoms with Crippen LogP contribution in [0, 0.1) is 18.8 Å². The molecule has 2 aliphatic rings. The molecule has 2 aromatic heterocycles. The minimum absolute atomic E-state index is 0.111. The molecule has 28 heavy (non-hydrogen) atoms. The van der Waals surface area contributed by atoms with Crippen LogP contribution in [0.3, 0.4) is 0 Å². The molecule has 0 aromatic carbocycles. The molecule has 1 atom stereocenters. The third kappa shape index (κ3) is 3.53. The van der Waals surface area contributed by atoms with Crippen LogP contribution in [0.2, 0.25) is 0 Å². The maximum Gasteiger partial charge on any atom is 0.291 e. The van der Waals surface area contributed by atoms with E-state index in [0.29, 0.717) is 18.9 Å². The van der Waals surface area contributed by atoms with Crippen molar-refractivity contribution in [2.24, 2.45) is 11.8 Å². The Morgan fingerprint density at radius 1 is 1.29 bits per heavy atom. The first-order chi connectivity index (χ1) is 13.4.